The van der Waals surface area contributed by atoms with Crippen LogP contribution in [0.3, 0.4) is 0 Å². The molecule has 0 aliphatic carbocycles. The van der Waals surface area contributed by atoms with Gasteiger partial charge >= 0.3 is 0 Å². The standard InChI is InChI=1S/C16H23NOS/c1-13(2)8-10-19-12-15-11-16(18-3)7-6-14(15)5-4-9-17/h6-7,11,13H,8-10,12,17H2,1-3H3. The maximum atomic E-state index is 5.43. The zero-order valence-corrected chi connectivity index (χ0v) is 12.8. The van der Waals surface area contributed by atoms with E-state index in [0.717, 1.165) is 23.0 Å². The monoisotopic (exact) mass is 277 g/mol. The molecule has 0 aliphatic rings. The molecule has 1 aromatic carbocycles. The van der Waals surface area contributed by atoms with Crippen LogP contribution in [0.2, 0.25) is 0 Å². The molecule has 0 saturated heterocycles. The normalized spacial score (nSPS) is 10.2. The van der Waals surface area contributed by atoms with Gasteiger partial charge in [0.25, 0.3) is 0 Å². The molecule has 0 heterocycles. The average molecular weight is 277 g/mol. The average Bonchev–Trinajstić information content (AvgIpc) is 2.41. The Morgan fingerprint density at radius 1 is 1.37 bits per heavy atom. The van der Waals surface area contributed by atoms with Gasteiger partial charge in [-0.2, -0.15) is 11.8 Å². The Morgan fingerprint density at radius 3 is 2.79 bits per heavy atom. The van der Waals surface area contributed by atoms with Crippen LogP contribution < -0.4 is 10.5 Å². The third-order valence-corrected chi connectivity index (χ3v) is 3.77. The van der Waals surface area contributed by atoms with E-state index < -0.39 is 0 Å². The van der Waals surface area contributed by atoms with Crippen molar-refractivity contribution in [2.75, 3.05) is 19.4 Å². The predicted octanol–water partition coefficient (Wildman–Crippen LogP) is 3.28. The molecular weight excluding hydrogens is 254 g/mol. The maximum Gasteiger partial charge on any atom is 0.119 e. The number of methoxy groups -OCH3 is 1. The zero-order chi connectivity index (χ0) is 14.1. The third kappa shape index (κ3) is 6.04. The number of hydrogen-bond acceptors (Lipinski definition) is 3. The first-order valence-electron chi connectivity index (χ1n) is 6.61. The molecule has 0 radical (unpaired) electrons. The first kappa shape index (κ1) is 15.9. The number of rotatable bonds is 6. The van der Waals surface area contributed by atoms with Crippen LogP contribution in [-0.4, -0.2) is 19.4 Å². The fourth-order valence-corrected chi connectivity index (χ4v) is 2.83. The van der Waals surface area contributed by atoms with E-state index in [1.54, 1.807) is 7.11 Å². The van der Waals surface area contributed by atoms with E-state index in [2.05, 4.69) is 31.8 Å². The molecule has 2 nitrogen and oxygen atoms in total. The molecule has 0 atom stereocenters. The summed E-state index contributed by atoms with van der Waals surface area (Å²) in [6.07, 6.45) is 1.25. The van der Waals surface area contributed by atoms with Crippen LogP contribution >= 0.6 is 11.8 Å². The van der Waals surface area contributed by atoms with Crippen LogP contribution in [0.1, 0.15) is 31.4 Å². The number of hydrogen-bond donors (Lipinski definition) is 1. The summed E-state index contributed by atoms with van der Waals surface area (Å²) in [7, 11) is 1.69. The molecule has 1 rings (SSSR count). The first-order valence-corrected chi connectivity index (χ1v) is 7.76. The smallest absolute Gasteiger partial charge is 0.119 e. The number of ether oxygens (including phenoxy) is 1. The van der Waals surface area contributed by atoms with Crippen molar-refractivity contribution in [1.29, 1.82) is 0 Å². The summed E-state index contributed by atoms with van der Waals surface area (Å²) >= 11 is 1.95. The Balaban J connectivity index is 2.71. The lowest BCUT2D eigenvalue weighted by Gasteiger charge is -2.08. The van der Waals surface area contributed by atoms with Crippen LogP contribution in [0.25, 0.3) is 0 Å². The number of nitrogens with two attached hydrogens (primary N) is 1. The van der Waals surface area contributed by atoms with Crippen molar-refractivity contribution in [3.05, 3.63) is 29.3 Å². The molecule has 0 aromatic heterocycles. The van der Waals surface area contributed by atoms with Gasteiger partial charge in [-0.25, -0.2) is 0 Å². The lowest BCUT2D eigenvalue weighted by Crippen LogP contribution is -1.96. The fraction of sp³-hybridized carbons (Fsp3) is 0.500. The number of benzene rings is 1. The van der Waals surface area contributed by atoms with Gasteiger partial charge in [-0.05, 0) is 41.9 Å². The predicted molar refractivity (Wildman–Crippen MR) is 84.5 cm³/mol. The molecular formula is C16H23NOS. The van der Waals surface area contributed by atoms with Gasteiger partial charge < -0.3 is 10.5 Å². The van der Waals surface area contributed by atoms with E-state index in [-0.39, 0.29) is 0 Å². The summed E-state index contributed by atoms with van der Waals surface area (Å²) in [6, 6.07) is 6.03. The molecule has 0 unspecified atom stereocenters. The van der Waals surface area contributed by atoms with Crippen LogP contribution in [-0.2, 0) is 5.75 Å². The molecule has 0 aliphatic heterocycles. The van der Waals surface area contributed by atoms with Gasteiger partial charge in [0, 0.05) is 11.3 Å². The van der Waals surface area contributed by atoms with Crippen LogP contribution in [0, 0.1) is 17.8 Å². The van der Waals surface area contributed by atoms with Crippen LogP contribution in [0.5, 0.6) is 5.75 Å². The fourth-order valence-electron chi connectivity index (χ4n) is 1.59. The van der Waals surface area contributed by atoms with Crippen molar-refractivity contribution in [3.8, 4) is 17.6 Å². The van der Waals surface area contributed by atoms with Gasteiger partial charge in [0.05, 0.1) is 13.7 Å². The lowest BCUT2D eigenvalue weighted by molar-refractivity contribution is 0.414. The second-order valence-corrected chi connectivity index (χ2v) is 5.87. The molecule has 104 valence electrons. The highest BCUT2D eigenvalue weighted by atomic mass is 32.2. The van der Waals surface area contributed by atoms with Crippen LogP contribution in [0.15, 0.2) is 18.2 Å². The quantitative estimate of drug-likeness (QED) is 0.640. The molecule has 0 saturated carbocycles. The summed E-state index contributed by atoms with van der Waals surface area (Å²) in [6.45, 7) is 4.90. The SMILES string of the molecule is COc1ccc(C#CCN)c(CSCCC(C)C)c1. The maximum absolute atomic E-state index is 5.43. The van der Waals surface area contributed by atoms with Gasteiger partial charge in [0.1, 0.15) is 5.75 Å². The van der Waals surface area contributed by atoms with Gasteiger partial charge in [-0.1, -0.05) is 25.7 Å². The summed E-state index contributed by atoms with van der Waals surface area (Å²) in [5.74, 6) is 9.84. The van der Waals surface area contributed by atoms with E-state index in [0.29, 0.717) is 6.54 Å². The Morgan fingerprint density at radius 2 is 2.16 bits per heavy atom. The minimum absolute atomic E-state index is 0.395. The highest BCUT2D eigenvalue weighted by Crippen LogP contribution is 2.22. The van der Waals surface area contributed by atoms with Crippen molar-refractivity contribution >= 4 is 11.8 Å². The zero-order valence-electron chi connectivity index (χ0n) is 12.0. The van der Waals surface area contributed by atoms with Gasteiger partial charge in [-0.15, -0.1) is 0 Å². The summed E-state index contributed by atoms with van der Waals surface area (Å²) in [5, 5.41) is 0. The van der Waals surface area contributed by atoms with Crippen molar-refractivity contribution in [2.24, 2.45) is 11.7 Å². The topological polar surface area (TPSA) is 35.2 Å². The van der Waals surface area contributed by atoms with Crippen molar-refractivity contribution < 1.29 is 4.74 Å². The molecule has 19 heavy (non-hydrogen) atoms. The second-order valence-electron chi connectivity index (χ2n) is 4.76. The van der Waals surface area contributed by atoms with E-state index in [9.17, 15) is 0 Å². The molecule has 0 fully saturated rings. The van der Waals surface area contributed by atoms with Crippen LogP contribution in [0.4, 0.5) is 0 Å². The second kappa shape index (κ2) is 8.90. The van der Waals surface area contributed by atoms with E-state index in [1.165, 1.54) is 17.7 Å². The summed E-state index contributed by atoms with van der Waals surface area (Å²) in [5.41, 5.74) is 7.72. The Hall–Kier alpha value is -1.11. The Bertz CT molecular complexity index is 446. The third-order valence-electron chi connectivity index (χ3n) is 2.73. The van der Waals surface area contributed by atoms with Gasteiger partial charge in [0.2, 0.25) is 0 Å². The molecule has 0 spiro atoms. The largest absolute Gasteiger partial charge is 0.497 e. The highest BCUT2D eigenvalue weighted by Gasteiger charge is 2.03. The number of thioether (sulfide) groups is 1. The van der Waals surface area contributed by atoms with E-state index >= 15 is 0 Å². The molecule has 2 N–H and O–H groups in total. The minimum Gasteiger partial charge on any atom is -0.497 e. The van der Waals surface area contributed by atoms with Gasteiger partial charge in [0.15, 0.2) is 0 Å². The van der Waals surface area contributed by atoms with E-state index in [1.807, 2.05) is 23.9 Å². The summed E-state index contributed by atoms with van der Waals surface area (Å²) in [4.78, 5) is 0. The molecule has 1 aromatic rings. The highest BCUT2D eigenvalue weighted by molar-refractivity contribution is 7.98. The first-order chi connectivity index (χ1) is 9.17. The molecule has 3 heteroatoms. The van der Waals surface area contributed by atoms with E-state index in [4.69, 9.17) is 10.5 Å². The minimum atomic E-state index is 0.395. The molecule has 0 amide bonds. The lowest BCUT2D eigenvalue weighted by atomic mass is 10.1. The van der Waals surface area contributed by atoms with Crippen molar-refractivity contribution in [1.82, 2.24) is 0 Å². The Kier molecular flexibility index (Phi) is 7.47. The molecule has 0 bridgehead atoms. The van der Waals surface area contributed by atoms with Crippen molar-refractivity contribution in [2.45, 2.75) is 26.0 Å². The van der Waals surface area contributed by atoms with Gasteiger partial charge in [-0.3, -0.25) is 0 Å². The Labute approximate surface area is 121 Å². The van der Waals surface area contributed by atoms with Crippen molar-refractivity contribution in [3.63, 3.8) is 0 Å². The summed E-state index contributed by atoms with van der Waals surface area (Å²) < 4.78 is 5.28.